The second-order valence-corrected chi connectivity index (χ2v) is 6.77. The van der Waals surface area contributed by atoms with Crippen molar-refractivity contribution in [1.82, 2.24) is 14.9 Å². The first-order valence-corrected chi connectivity index (χ1v) is 9.39. The van der Waals surface area contributed by atoms with Crippen LogP contribution in [0.25, 0.3) is 0 Å². The number of aryl methyl sites for hydroxylation is 2. The van der Waals surface area contributed by atoms with E-state index in [2.05, 4.69) is 10.3 Å². The van der Waals surface area contributed by atoms with Gasteiger partial charge in [0.25, 0.3) is 5.91 Å². The predicted octanol–water partition coefficient (Wildman–Crippen LogP) is 2.48. The number of nitrogens with zero attached hydrogens (tertiary/aromatic N) is 2. The maximum absolute atomic E-state index is 12.5. The average Bonchev–Trinajstić information content (AvgIpc) is 3.24. The van der Waals surface area contributed by atoms with Crippen LogP contribution in [0.2, 0.25) is 0 Å². The molecule has 150 valence electrons. The van der Waals surface area contributed by atoms with Gasteiger partial charge in [-0.25, -0.2) is 9.78 Å². The molecule has 2 aromatic heterocycles. The average molecular weight is 395 g/mol. The highest BCUT2D eigenvalue weighted by molar-refractivity contribution is 5.95. The fraction of sp³-hybridized carbons (Fsp3) is 0.286. The summed E-state index contributed by atoms with van der Waals surface area (Å²) in [6.07, 6.45) is 5.44. The summed E-state index contributed by atoms with van der Waals surface area (Å²) in [6, 6.07) is 8.96. The lowest BCUT2D eigenvalue weighted by atomic mass is 10.1. The molecule has 1 aromatic carbocycles. The number of amides is 1. The molecule has 1 amide bonds. The Balaban J connectivity index is 1.42. The molecule has 1 unspecified atom stereocenters. The third-order valence-electron chi connectivity index (χ3n) is 4.66. The van der Waals surface area contributed by atoms with Gasteiger partial charge in [0.1, 0.15) is 12.2 Å². The van der Waals surface area contributed by atoms with Crippen molar-refractivity contribution < 1.29 is 18.7 Å². The molecule has 0 saturated carbocycles. The number of imidazole rings is 1. The number of fused-ring (bicyclic) bond motifs is 1. The Labute approximate surface area is 167 Å². The Hall–Kier alpha value is -3.55. The molecule has 4 rings (SSSR count). The largest absolute Gasteiger partial charge is 0.485 e. The van der Waals surface area contributed by atoms with Gasteiger partial charge in [0.15, 0.2) is 23.4 Å². The van der Waals surface area contributed by atoms with E-state index >= 15 is 0 Å². The van der Waals surface area contributed by atoms with E-state index in [0.29, 0.717) is 29.4 Å². The van der Waals surface area contributed by atoms with Gasteiger partial charge in [-0.1, -0.05) is 12.1 Å². The van der Waals surface area contributed by atoms with E-state index in [9.17, 15) is 9.59 Å². The number of carbonyl (C=O) groups is 1. The quantitative estimate of drug-likeness (QED) is 0.644. The lowest BCUT2D eigenvalue weighted by Crippen LogP contribution is -2.31. The Morgan fingerprint density at radius 3 is 2.90 bits per heavy atom. The molecular weight excluding hydrogens is 374 g/mol. The fourth-order valence-corrected chi connectivity index (χ4v) is 3.20. The van der Waals surface area contributed by atoms with E-state index in [0.717, 1.165) is 13.0 Å². The number of nitrogens with one attached hydrogen (secondary N) is 1. The molecule has 0 spiro atoms. The van der Waals surface area contributed by atoms with Crippen LogP contribution in [0.5, 0.6) is 11.5 Å². The van der Waals surface area contributed by atoms with E-state index < -0.39 is 17.6 Å². The zero-order valence-electron chi connectivity index (χ0n) is 16.0. The minimum absolute atomic E-state index is 0.00788. The molecule has 1 atom stereocenters. The number of carbonyl (C=O) groups excluding carboxylic acids is 1. The highest BCUT2D eigenvalue weighted by Gasteiger charge is 2.26. The summed E-state index contributed by atoms with van der Waals surface area (Å²) in [5.74, 6) is 1.12. The fourth-order valence-electron chi connectivity index (χ4n) is 3.20. The van der Waals surface area contributed by atoms with Gasteiger partial charge >= 0.3 is 5.63 Å². The van der Waals surface area contributed by atoms with Crippen molar-refractivity contribution >= 4 is 5.91 Å². The van der Waals surface area contributed by atoms with Crippen LogP contribution in [-0.2, 0) is 6.54 Å². The zero-order chi connectivity index (χ0) is 20.2. The molecule has 8 nitrogen and oxygen atoms in total. The second kappa shape index (κ2) is 8.22. The third-order valence-corrected chi connectivity index (χ3v) is 4.66. The van der Waals surface area contributed by atoms with Crippen molar-refractivity contribution in [1.29, 1.82) is 0 Å². The van der Waals surface area contributed by atoms with Gasteiger partial charge in [-0.2, -0.15) is 0 Å². The van der Waals surface area contributed by atoms with Crippen molar-refractivity contribution in [3.8, 4) is 11.5 Å². The molecule has 0 aliphatic carbocycles. The van der Waals surface area contributed by atoms with Crippen molar-refractivity contribution in [2.45, 2.75) is 26.0 Å². The second-order valence-electron chi connectivity index (χ2n) is 6.77. The van der Waals surface area contributed by atoms with Gasteiger partial charge in [0.05, 0.1) is 6.33 Å². The Morgan fingerprint density at radius 1 is 1.31 bits per heavy atom. The molecule has 8 heteroatoms. The van der Waals surface area contributed by atoms with Crippen LogP contribution in [-0.4, -0.2) is 28.6 Å². The van der Waals surface area contributed by atoms with Crippen LogP contribution in [0.3, 0.4) is 0 Å². The Bertz CT molecular complexity index is 1060. The van der Waals surface area contributed by atoms with Crippen LogP contribution < -0.4 is 20.4 Å². The molecular formula is C21H21N3O5. The van der Waals surface area contributed by atoms with Crippen LogP contribution in [0, 0.1) is 6.92 Å². The van der Waals surface area contributed by atoms with Gasteiger partial charge < -0.3 is 23.8 Å². The molecule has 1 N–H and O–H groups in total. The molecule has 3 heterocycles. The van der Waals surface area contributed by atoms with Crippen molar-refractivity contribution in [2.24, 2.45) is 0 Å². The van der Waals surface area contributed by atoms with Gasteiger partial charge in [0, 0.05) is 25.5 Å². The van der Waals surface area contributed by atoms with Crippen LogP contribution >= 0.6 is 0 Å². The zero-order valence-corrected chi connectivity index (χ0v) is 16.0. The van der Waals surface area contributed by atoms with Crippen molar-refractivity contribution in [2.75, 3.05) is 13.2 Å². The molecule has 0 radical (unpaired) electrons. The maximum Gasteiger partial charge on any atom is 0.349 e. The van der Waals surface area contributed by atoms with Crippen molar-refractivity contribution in [3.05, 3.63) is 76.4 Å². The highest BCUT2D eigenvalue weighted by Crippen LogP contribution is 2.35. The minimum Gasteiger partial charge on any atom is -0.485 e. The monoisotopic (exact) mass is 395 g/mol. The van der Waals surface area contributed by atoms with Crippen LogP contribution in [0.4, 0.5) is 0 Å². The third kappa shape index (κ3) is 4.16. The summed E-state index contributed by atoms with van der Waals surface area (Å²) in [7, 11) is 0. The van der Waals surface area contributed by atoms with E-state index in [1.54, 1.807) is 31.6 Å². The predicted molar refractivity (Wildman–Crippen MR) is 104 cm³/mol. The molecule has 1 aliphatic rings. The standard InChI is InChI=1S/C21H21N3O5/c1-14-11-17(18-12-27-15-5-2-3-6-16(15)28-18)29-21(26)19(14)20(25)23-7-4-9-24-10-8-22-13-24/h2-3,5-6,8,10-11,13,18H,4,7,9,12H2,1H3,(H,23,25). The van der Waals surface area contributed by atoms with Crippen LogP contribution in [0.15, 0.2) is 58.3 Å². The summed E-state index contributed by atoms with van der Waals surface area (Å²) in [5.41, 5.74) is -0.145. The van der Waals surface area contributed by atoms with Gasteiger partial charge in [0.2, 0.25) is 0 Å². The molecule has 3 aromatic rings. The minimum atomic E-state index is -0.686. The van der Waals surface area contributed by atoms with Crippen molar-refractivity contribution in [3.63, 3.8) is 0 Å². The molecule has 29 heavy (non-hydrogen) atoms. The number of benzene rings is 1. The highest BCUT2D eigenvalue weighted by atomic mass is 16.6. The van der Waals surface area contributed by atoms with E-state index in [4.69, 9.17) is 13.9 Å². The molecule has 1 aliphatic heterocycles. The maximum atomic E-state index is 12.5. The first-order valence-electron chi connectivity index (χ1n) is 9.39. The smallest absolute Gasteiger partial charge is 0.349 e. The Kier molecular flexibility index (Phi) is 5.33. The van der Waals surface area contributed by atoms with Crippen LogP contribution in [0.1, 0.15) is 34.2 Å². The number of aromatic nitrogens is 2. The Morgan fingerprint density at radius 2 is 2.14 bits per heavy atom. The number of para-hydroxylation sites is 2. The molecule has 0 bridgehead atoms. The van der Waals surface area contributed by atoms with E-state index in [1.807, 2.05) is 29.0 Å². The van der Waals surface area contributed by atoms with Gasteiger partial charge in [-0.15, -0.1) is 0 Å². The first-order chi connectivity index (χ1) is 14.1. The van der Waals surface area contributed by atoms with E-state index in [-0.39, 0.29) is 12.2 Å². The normalized spacial score (nSPS) is 15.1. The molecule has 0 saturated heterocycles. The van der Waals surface area contributed by atoms with Gasteiger partial charge in [-0.3, -0.25) is 4.79 Å². The number of hydrogen-bond donors (Lipinski definition) is 1. The number of hydrogen-bond acceptors (Lipinski definition) is 6. The summed E-state index contributed by atoms with van der Waals surface area (Å²) in [5, 5.41) is 2.77. The lowest BCUT2D eigenvalue weighted by molar-refractivity contribution is 0.0721. The first kappa shape index (κ1) is 18.8. The van der Waals surface area contributed by atoms with E-state index in [1.165, 1.54) is 0 Å². The topological polar surface area (TPSA) is 95.6 Å². The SMILES string of the molecule is Cc1cc(C2COc3ccccc3O2)oc(=O)c1C(=O)NCCCn1ccnc1. The molecule has 0 fully saturated rings. The lowest BCUT2D eigenvalue weighted by Gasteiger charge is -2.25. The summed E-state index contributed by atoms with van der Waals surface area (Å²) in [4.78, 5) is 28.9. The summed E-state index contributed by atoms with van der Waals surface area (Å²) in [6.45, 7) is 3.10. The number of rotatable bonds is 6. The van der Waals surface area contributed by atoms with Gasteiger partial charge in [-0.05, 0) is 37.1 Å². The number of ether oxygens (including phenoxy) is 2. The summed E-state index contributed by atoms with van der Waals surface area (Å²) < 4.78 is 18.9. The summed E-state index contributed by atoms with van der Waals surface area (Å²) >= 11 is 0.